The van der Waals surface area contributed by atoms with E-state index in [1.807, 2.05) is 19.9 Å². The Balaban J connectivity index is 2.74. The summed E-state index contributed by atoms with van der Waals surface area (Å²) in [5.41, 5.74) is 10.5. The number of rotatable bonds is 2. The van der Waals surface area contributed by atoms with Crippen molar-refractivity contribution in [1.82, 2.24) is 9.97 Å². The number of halogens is 1. The first-order chi connectivity index (χ1) is 7.63. The number of amidine groups is 1. The fourth-order valence-corrected chi connectivity index (χ4v) is 1.66. The molecule has 0 aliphatic rings. The molecule has 1 heterocycles. The molecular weight excluding hydrogens is 224 g/mol. The summed E-state index contributed by atoms with van der Waals surface area (Å²) in [5, 5.41) is 0. The zero-order chi connectivity index (χ0) is 11.7. The average Bonchev–Trinajstić information content (AvgIpc) is 2.71. The molecule has 0 spiro atoms. The van der Waals surface area contributed by atoms with E-state index in [1.54, 1.807) is 6.33 Å². The summed E-state index contributed by atoms with van der Waals surface area (Å²) in [5.74, 6) is 0.624. The third-order valence-corrected chi connectivity index (χ3v) is 2.87. The van der Waals surface area contributed by atoms with Crippen LogP contribution in [0, 0.1) is 13.8 Å². The number of hydrogen-bond donors (Lipinski definition) is 2. The maximum absolute atomic E-state index is 5.66. The van der Waals surface area contributed by atoms with Crippen LogP contribution in [0.3, 0.4) is 0 Å². The molecule has 2 rings (SSSR count). The van der Waals surface area contributed by atoms with Crippen molar-refractivity contribution in [1.29, 1.82) is 0 Å². The van der Waals surface area contributed by atoms with E-state index in [-0.39, 0.29) is 5.88 Å². The van der Waals surface area contributed by atoms with Crippen LogP contribution in [0.25, 0.3) is 11.0 Å². The van der Waals surface area contributed by atoms with Gasteiger partial charge < -0.3 is 10.7 Å². The molecule has 4 nitrogen and oxygen atoms in total. The summed E-state index contributed by atoms with van der Waals surface area (Å²) < 4.78 is 0. The van der Waals surface area contributed by atoms with Crippen molar-refractivity contribution in [2.75, 3.05) is 5.88 Å². The smallest absolute Gasteiger partial charge is 0.115 e. The number of nitrogens with two attached hydrogens (primary N) is 1. The van der Waals surface area contributed by atoms with Crippen LogP contribution >= 0.6 is 11.6 Å². The number of aryl methyl sites for hydroxylation is 1. The Bertz CT molecular complexity index is 556. The molecule has 2 aromatic rings. The molecule has 0 aliphatic carbocycles. The molecule has 1 aromatic heterocycles. The van der Waals surface area contributed by atoms with Gasteiger partial charge in [0.2, 0.25) is 0 Å². The standard InChI is InChI=1S/C11H13ClN4/c1-6-3-8-11(15-5-14-8)10(7(6)2)16-9(13)4-12/h3,5H,4H2,1-2H3,(H2,13,16)(H,14,15). The van der Waals surface area contributed by atoms with Crippen molar-refractivity contribution < 1.29 is 0 Å². The second kappa shape index (κ2) is 4.14. The van der Waals surface area contributed by atoms with Crippen LogP contribution in [0.15, 0.2) is 17.4 Å². The summed E-state index contributed by atoms with van der Waals surface area (Å²) >= 11 is 5.64. The van der Waals surface area contributed by atoms with Gasteiger partial charge in [0.1, 0.15) is 11.4 Å². The monoisotopic (exact) mass is 236 g/mol. The summed E-state index contributed by atoms with van der Waals surface area (Å²) in [6.07, 6.45) is 1.65. The van der Waals surface area contributed by atoms with Crippen LogP contribution < -0.4 is 5.73 Å². The van der Waals surface area contributed by atoms with Gasteiger partial charge >= 0.3 is 0 Å². The molecule has 0 saturated heterocycles. The molecule has 0 unspecified atom stereocenters. The highest BCUT2D eigenvalue weighted by Gasteiger charge is 2.09. The van der Waals surface area contributed by atoms with Gasteiger partial charge in [0.15, 0.2) is 0 Å². The molecule has 0 aliphatic heterocycles. The summed E-state index contributed by atoms with van der Waals surface area (Å²) in [7, 11) is 0. The lowest BCUT2D eigenvalue weighted by molar-refractivity contribution is 1.31. The van der Waals surface area contributed by atoms with Crippen molar-refractivity contribution in [2.24, 2.45) is 10.7 Å². The van der Waals surface area contributed by atoms with Crippen LogP contribution in [0.1, 0.15) is 11.1 Å². The summed E-state index contributed by atoms with van der Waals surface area (Å²) in [4.78, 5) is 11.6. The zero-order valence-corrected chi connectivity index (χ0v) is 9.97. The molecule has 3 N–H and O–H groups in total. The maximum Gasteiger partial charge on any atom is 0.115 e. The Morgan fingerprint density at radius 1 is 1.56 bits per heavy atom. The Morgan fingerprint density at radius 2 is 2.31 bits per heavy atom. The molecule has 1 aromatic carbocycles. The molecule has 16 heavy (non-hydrogen) atoms. The van der Waals surface area contributed by atoms with Gasteiger partial charge in [-0.1, -0.05) is 0 Å². The van der Waals surface area contributed by atoms with Crippen molar-refractivity contribution in [3.63, 3.8) is 0 Å². The van der Waals surface area contributed by atoms with Gasteiger partial charge in [-0.3, -0.25) is 0 Å². The lowest BCUT2D eigenvalue weighted by Crippen LogP contribution is -2.12. The maximum atomic E-state index is 5.66. The number of hydrogen-bond acceptors (Lipinski definition) is 2. The second-order valence-electron chi connectivity index (χ2n) is 3.70. The van der Waals surface area contributed by atoms with E-state index in [0.717, 1.165) is 27.8 Å². The predicted octanol–water partition coefficient (Wildman–Crippen LogP) is 2.41. The van der Waals surface area contributed by atoms with Crippen LogP contribution in [0.5, 0.6) is 0 Å². The van der Waals surface area contributed by atoms with Crippen LogP contribution in [0.4, 0.5) is 5.69 Å². The quantitative estimate of drug-likeness (QED) is 0.478. The third-order valence-electron chi connectivity index (χ3n) is 2.59. The van der Waals surface area contributed by atoms with Crippen molar-refractivity contribution in [3.8, 4) is 0 Å². The number of aromatic nitrogens is 2. The molecule has 0 bridgehead atoms. The fraction of sp³-hybridized carbons (Fsp3) is 0.273. The number of nitrogens with zero attached hydrogens (tertiary/aromatic N) is 2. The largest absolute Gasteiger partial charge is 0.386 e. The Labute approximate surface area is 98.5 Å². The minimum Gasteiger partial charge on any atom is -0.386 e. The minimum absolute atomic E-state index is 0.222. The van der Waals surface area contributed by atoms with Crippen molar-refractivity contribution >= 4 is 34.2 Å². The first kappa shape index (κ1) is 11.0. The van der Waals surface area contributed by atoms with E-state index in [1.165, 1.54) is 0 Å². The Kier molecular flexibility index (Phi) is 2.83. The highest BCUT2D eigenvalue weighted by Crippen LogP contribution is 2.30. The molecule has 5 heteroatoms. The molecule has 0 atom stereocenters. The third kappa shape index (κ3) is 1.76. The predicted molar refractivity (Wildman–Crippen MR) is 67.6 cm³/mol. The lowest BCUT2D eigenvalue weighted by atomic mass is 10.1. The number of imidazole rings is 1. The highest BCUT2D eigenvalue weighted by atomic mass is 35.5. The summed E-state index contributed by atoms with van der Waals surface area (Å²) in [6.45, 7) is 4.04. The number of nitrogens with one attached hydrogen (secondary N) is 1. The van der Waals surface area contributed by atoms with E-state index in [0.29, 0.717) is 5.84 Å². The topological polar surface area (TPSA) is 67.1 Å². The average molecular weight is 237 g/mol. The highest BCUT2D eigenvalue weighted by molar-refractivity contribution is 6.28. The van der Waals surface area contributed by atoms with Gasteiger partial charge in [0.25, 0.3) is 0 Å². The van der Waals surface area contributed by atoms with Gasteiger partial charge in [-0.25, -0.2) is 9.98 Å². The number of fused-ring (bicyclic) bond motifs is 1. The molecular formula is C11H13ClN4. The van der Waals surface area contributed by atoms with E-state index >= 15 is 0 Å². The van der Waals surface area contributed by atoms with Crippen molar-refractivity contribution in [2.45, 2.75) is 13.8 Å². The first-order valence-electron chi connectivity index (χ1n) is 4.95. The van der Waals surface area contributed by atoms with Gasteiger partial charge in [-0.05, 0) is 31.0 Å². The second-order valence-corrected chi connectivity index (χ2v) is 3.97. The van der Waals surface area contributed by atoms with Gasteiger partial charge in [-0.15, -0.1) is 11.6 Å². The Hall–Kier alpha value is -1.55. The van der Waals surface area contributed by atoms with Gasteiger partial charge in [0.05, 0.1) is 23.4 Å². The first-order valence-corrected chi connectivity index (χ1v) is 5.49. The Morgan fingerprint density at radius 3 is 3.00 bits per heavy atom. The zero-order valence-electron chi connectivity index (χ0n) is 9.21. The molecule has 0 amide bonds. The van der Waals surface area contributed by atoms with E-state index < -0.39 is 0 Å². The number of alkyl halides is 1. The normalized spacial score (nSPS) is 12.3. The summed E-state index contributed by atoms with van der Waals surface area (Å²) in [6, 6.07) is 2.05. The molecule has 0 radical (unpaired) electrons. The SMILES string of the molecule is Cc1cc2[nH]cnc2c(N=C(N)CCl)c1C. The number of benzene rings is 1. The van der Waals surface area contributed by atoms with Crippen LogP contribution in [-0.2, 0) is 0 Å². The van der Waals surface area contributed by atoms with E-state index in [9.17, 15) is 0 Å². The lowest BCUT2D eigenvalue weighted by Gasteiger charge is -2.06. The molecule has 84 valence electrons. The number of aromatic amines is 1. The van der Waals surface area contributed by atoms with Crippen molar-refractivity contribution in [3.05, 3.63) is 23.5 Å². The van der Waals surface area contributed by atoms with Gasteiger partial charge in [-0.2, -0.15) is 0 Å². The number of aliphatic imine (C=N–C) groups is 1. The van der Waals surface area contributed by atoms with Gasteiger partial charge in [0, 0.05) is 0 Å². The number of H-pyrrole nitrogens is 1. The minimum atomic E-state index is 0.222. The van der Waals surface area contributed by atoms with E-state index in [2.05, 4.69) is 15.0 Å². The fourth-order valence-electron chi connectivity index (χ4n) is 1.60. The molecule has 0 fully saturated rings. The van der Waals surface area contributed by atoms with Crippen LogP contribution in [0.2, 0.25) is 0 Å². The van der Waals surface area contributed by atoms with Crippen LogP contribution in [-0.4, -0.2) is 21.7 Å². The molecule has 0 saturated carbocycles. The van der Waals surface area contributed by atoms with E-state index in [4.69, 9.17) is 17.3 Å².